The van der Waals surface area contributed by atoms with Gasteiger partial charge in [-0.3, -0.25) is 0 Å². The smallest absolute Gasteiger partial charge is 0.0408 e. The van der Waals surface area contributed by atoms with Crippen LogP contribution in [0.5, 0.6) is 0 Å². The Kier molecular flexibility index (Phi) is 6.88. The largest absolute Gasteiger partial charge is 0.312 e. The van der Waals surface area contributed by atoms with Crippen molar-refractivity contribution in [3.05, 3.63) is 34.3 Å². The van der Waals surface area contributed by atoms with Crippen molar-refractivity contribution in [2.75, 3.05) is 6.54 Å². The topological polar surface area (TPSA) is 12.0 Å². The van der Waals surface area contributed by atoms with Crippen LogP contribution in [0.2, 0.25) is 5.02 Å². The van der Waals surface area contributed by atoms with E-state index in [1.54, 1.807) is 0 Å². The Hall–Kier alpha value is -0.530. The number of unbranched alkanes of at least 4 members (excludes halogenated alkanes) is 2. The SMILES string of the molecule is CCCCCC(C)(C)CNCc1ccc(Cl)cc1C. The molecule has 0 radical (unpaired) electrons. The highest BCUT2D eigenvalue weighted by Gasteiger charge is 2.16. The van der Waals surface area contributed by atoms with Crippen molar-refractivity contribution in [2.24, 2.45) is 5.41 Å². The third-order valence-corrected chi connectivity index (χ3v) is 3.92. The van der Waals surface area contributed by atoms with Crippen LogP contribution in [0.1, 0.15) is 57.6 Å². The molecule has 1 aromatic rings. The van der Waals surface area contributed by atoms with Crippen LogP contribution >= 0.6 is 11.6 Å². The van der Waals surface area contributed by atoms with Gasteiger partial charge in [0.2, 0.25) is 0 Å². The van der Waals surface area contributed by atoms with Crippen molar-refractivity contribution in [1.82, 2.24) is 5.32 Å². The molecule has 2 heteroatoms. The van der Waals surface area contributed by atoms with Crippen molar-refractivity contribution in [3.63, 3.8) is 0 Å². The van der Waals surface area contributed by atoms with Gasteiger partial charge in [0.15, 0.2) is 0 Å². The zero-order valence-corrected chi connectivity index (χ0v) is 13.6. The normalized spacial score (nSPS) is 11.8. The number of benzene rings is 1. The maximum absolute atomic E-state index is 5.97. The number of halogens is 1. The molecular formula is C17H28ClN. The van der Waals surface area contributed by atoms with E-state index in [-0.39, 0.29) is 0 Å². The van der Waals surface area contributed by atoms with Gasteiger partial charge in [-0.15, -0.1) is 0 Å². The van der Waals surface area contributed by atoms with Gasteiger partial charge in [0.25, 0.3) is 0 Å². The molecule has 1 N–H and O–H groups in total. The van der Waals surface area contributed by atoms with Crippen LogP contribution < -0.4 is 5.32 Å². The Morgan fingerprint density at radius 1 is 1.21 bits per heavy atom. The number of hydrogen-bond acceptors (Lipinski definition) is 1. The van der Waals surface area contributed by atoms with Gasteiger partial charge in [0.1, 0.15) is 0 Å². The Balaban J connectivity index is 2.36. The summed E-state index contributed by atoms with van der Waals surface area (Å²) in [5.41, 5.74) is 2.99. The lowest BCUT2D eigenvalue weighted by Crippen LogP contribution is -2.29. The molecule has 1 aromatic carbocycles. The highest BCUT2D eigenvalue weighted by Crippen LogP contribution is 2.23. The monoisotopic (exact) mass is 281 g/mol. The van der Waals surface area contributed by atoms with Gasteiger partial charge in [-0.25, -0.2) is 0 Å². The molecule has 108 valence electrons. The second-order valence-electron chi connectivity index (χ2n) is 6.30. The van der Waals surface area contributed by atoms with E-state index in [4.69, 9.17) is 11.6 Å². The number of nitrogens with one attached hydrogen (secondary N) is 1. The Labute approximate surface area is 123 Å². The van der Waals surface area contributed by atoms with Gasteiger partial charge < -0.3 is 5.32 Å². The van der Waals surface area contributed by atoms with Crippen molar-refractivity contribution >= 4 is 11.6 Å². The Morgan fingerprint density at radius 2 is 1.95 bits per heavy atom. The van der Waals surface area contributed by atoms with Crippen LogP contribution in [-0.2, 0) is 6.54 Å². The van der Waals surface area contributed by atoms with Crippen molar-refractivity contribution in [2.45, 2.75) is 59.9 Å². The standard InChI is InChI=1S/C17H28ClN/c1-5-6-7-10-17(3,4)13-19-12-15-8-9-16(18)11-14(15)2/h8-9,11,19H,5-7,10,12-13H2,1-4H3. The number of hydrogen-bond donors (Lipinski definition) is 1. The van der Waals surface area contributed by atoms with E-state index in [1.165, 1.54) is 36.8 Å². The summed E-state index contributed by atoms with van der Waals surface area (Å²) in [4.78, 5) is 0. The average Bonchev–Trinajstić information content (AvgIpc) is 2.32. The Morgan fingerprint density at radius 3 is 2.58 bits per heavy atom. The van der Waals surface area contributed by atoms with Crippen LogP contribution in [0.4, 0.5) is 0 Å². The highest BCUT2D eigenvalue weighted by molar-refractivity contribution is 6.30. The van der Waals surface area contributed by atoms with Gasteiger partial charge in [-0.2, -0.15) is 0 Å². The van der Waals surface area contributed by atoms with E-state index in [9.17, 15) is 0 Å². The molecule has 0 amide bonds. The van der Waals surface area contributed by atoms with E-state index in [1.807, 2.05) is 12.1 Å². The maximum atomic E-state index is 5.97. The quantitative estimate of drug-likeness (QED) is 0.634. The fraction of sp³-hybridized carbons (Fsp3) is 0.647. The molecule has 0 saturated carbocycles. The number of aryl methyl sites for hydroxylation is 1. The minimum atomic E-state index is 0.384. The zero-order valence-electron chi connectivity index (χ0n) is 12.9. The van der Waals surface area contributed by atoms with E-state index in [0.29, 0.717) is 5.41 Å². The average molecular weight is 282 g/mol. The highest BCUT2D eigenvalue weighted by atomic mass is 35.5. The molecule has 0 aliphatic rings. The minimum absolute atomic E-state index is 0.384. The summed E-state index contributed by atoms with van der Waals surface area (Å²) in [5, 5.41) is 4.41. The second-order valence-corrected chi connectivity index (χ2v) is 6.73. The maximum Gasteiger partial charge on any atom is 0.0408 e. The van der Waals surface area contributed by atoms with E-state index in [0.717, 1.165) is 18.1 Å². The lowest BCUT2D eigenvalue weighted by Gasteiger charge is -2.25. The van der Waals surface area contributed by atoms with Crippen molar-refractivity contribution < 1.29 is 0 Å². The molecule has 19 heavy (non-hydrogen) atoms. The molecule has 0 fully saturated rings. The molecule has 0 spiro atoms. The predicted molar refractivity (Wildman–Crippen MR) is 85.8 cm³/mol. The summed E-state index contributed by atoms with van der Waals surface area (Å²) in [7, 11) is 0. The summed E-state index contributed by atoms with van der Waals surface area (Å²) >= 11 is 5.97. The van der Waals surface area contributed by atoms with Gasteiger partial charge in [-0.05, 0) is 42.0 Å². The first-order valence-electron chi connectivity index (χ1n) is 7.40. The first-order valence-corrected chi connectivity index (χ1v) is 7.78. The van der Waals surface area contributed by atoms with Crippen LogP contribution in [0.15, 0.2) is 18.2 Å². The summed E-state index contributed by atoms with van der Waals surface area (Å²) < 4.78 is 0. The fourth-order valence-corrected chi connectivity index (χ4v) is 2.56. The molecule has 1 nitrogen and oxygen atoms in total. The zero-order chi connectivity index (χ0) is 14.3. The molecule has 0 saturated heterocycles. The second kappa shape index (κ2) is 7.91. The first kappa shape index (κ1) is 16.5. The van der Waals surface area contributed by atoms with Crippen molar-refractivity contribution in [1.29, 1.82) is 0 Å². The first-order chi connectivity index (χ1) is 8.94. The van der Waals surface area contributed by atoms with Gasteiger partial charge in [0.05, 0.1) is 0 Å². The molecule has 1 rings (SSSR count). The van der Waals surface area contributed by atoms with Gasteiger partial charge in [0, 0.05) is 18.1 Å². The summed E-state index contributed by atoms with van der Waals surface area (Å²) in [6, 6.07) is 6.12. The molecule has 0 aromatic heterocycles. The van der Waals surface area contributed by atoms with Gasteiger partial charge in [-0.1, -0.05) is 57.7 Å². The lowest BCUT2D eigenvalue weighted by molar-refractivity contribution is 0.302. The van der Waals surface area contributed by atoms with E-state index < -0.39 is 0 Å². The van der Waals surface area contributed by atoms with E-state index in [2.05, 4.69) is 39.1 Å². The van der Waals surface area contributed by atoms with Gasteiger partial charge >= 0.3 is 0 Å². The molecule has 0 heterocycles. The van der Waals surface area contributed by atoms with Crippen molar-refractivity contribution in [3.8, 4) is 0 Å². The minimum Gasteiger partial charge on any atom is -0.312 e. The lowest BCUT2D eigenvalue weighted by atomic mass is 9.87. The predicted octanol–water partition coefficient (Wildman–Crippen LogP) is 5.34. The molecule has 0 unspecified atom stereocenters. The molecule has 0 atom stereocenters. The molecule has 0 bridgehead atoms. The molecule has 0 aliphatic heterocycles. The molecular weight excluding hydrogens is 254 g/mol. The van der Waals surface area contributed by atoms with Crippen LogP contribution in [0, 0.1) is 12.3 Å². The summed E-state index contributed by atoms with van der Waals surface area (Å²) in [6.07, 6.45) is 5.28. The van der Waals surface area contributed by atoms with E-state index >= 15 is 0 Å². The fourth-order valence-electron chi connectivity index (χ4n) is 2.34. The van der Waals surface area contributed by atoms with Crippen LogP contribution in [0.3, 0.4) is 0 Å². The van der Waals surface area contributed by atoms with Crippen LogP contribution in [0.25, 0.3) is 0 Å². The Bertz CT molecular complexity index is 385. The van der Waals surface area contributed by atoms with Crippen LogP contribution in [-0.4, -0.2) is 6.54 Å². The molecule has 0 aliphatic carbocycles. The summed E-state index contributed by atoms with van der Waals surface area (Å²) in [5.74, 6) is 0. The number of rotatable bonds is 8. The summed E-state index contributed by atoms with van der Waals surface area (Å²) in [6.45, 7) is 11.1. The third kappa shape index (κ3) is 6.44. The third-order valence-electron chi connectivity index (χ3n) is 3.68.